The van der Waals surface area contributed by atoms with Gasteiger partial charge in [-0.3, -0.25) is 4.79 Å². The highest BCUT2D eigenvalue weighted by atomic mass is 16.3. The standard InChI is InChI=1S/C18H14N2O3/c21-15-7-5-12(6-8-15)11-19-20-18(23)16-9-13-3-1-2-4-14(13)10-17(16)22/h1-11,21-22H,(H,20,23). The molecule has 114 valence electrons. The zero-order valence-corrected chi connectivity index (χ0v) is 12.1. The van der Waals surface area contributed by atoms with E-state index >= 15 is 0 Å². The van der Waals surface area contributed by atoms with Crippen LogP contribution in [0.4, 0.5) is 0 Å². The Morgan fingerprint density at radius 1 is 0.957 bits per heavy atom. The molecule has 0 aromatic heterocycles. The molecule has 3 aromatic rings. The third kappa shape index (κ3) is 3.29. The maximum Gasteiger partial charge on any atom is 0.275 e. The lowest BCUT2D eigenvalue weighted by Gasteiger charge is -2.05. The molecule has 0 fully saturated rings. The molecule has 0 aliphatic rings. The summed E-state index contributed by atoms with van der Waals surface area (Å²) in [5.41, 5.74) is 3.26. The highest BCUT2D eigenvalue weighted by molar-refractivity contribution is 6.01. The van der Waals surface area contributed by atoms with Crippen molar-refractivity contribution in [3.05, 3.63) is 71.8 Å². The molecule has 0 saturated heterocycles. The van der Waals surface area contributed by atoms with Crippen LogP contribution in [0, 0.1) is 0 Å². The SMILES string of the molecule is O=C(NN=Cc1ccc(O)cc1)c1cc2ccccc2cc1O. The maximum absolute atomic E-state index is 12.1. The summed E-state index contributed by atoms with van der Waals surface area (Å²) in [6, 6.07) is 17.0. The number of phenols is 2. The molecule has 3 aromatic carbocycles. The van der Waals surface area contributed by atoms with Crippen molar-refractivity contribution in [1.82, 2.24) is 5.43 Å². The van der Waals surface area contributed by atoms with Crippen LogP contribution in [0.1, 0.15) is 15.9 Å². The smallest absolute Gasteiger partial charge is 0.275 e. The van der Waals surface area contributed by atoms with E-state index in [9.17, 15) is 15.0 Å². The number of benzene rings is 3. The summed E-state index contributed by atoms with van der Waals surface area (Å²) in [5.74, 6) is -0.434. The van der Waals surface area contributed by atoms with Crippen LogP contribution in [0.3, 0.4) is 0 Å². The molecule has 0 saturated carbocycles. The van der Waals surface area contributed by atoms with Crippen molar-refractivity contribution in [1.29, 1.82) is 0 Å². The van der Waals surface area contributed by atoms with Crippen molar-refractivity contribution in [2.45, 2.75) is 0 Å². The Hall–Kier alpha value is -3.34. The van der Waals surface area contributed by atoms with Crippen LogP contribution >= 0.6 is 0 Å². The van der Waals surface area contributed by atoms with E-state index in [-0.39, 0.29) is 17.1 Å². The van der Waals surface area contributed by atoms with Gasteiger partial charge in [0.25, 0.3) is 5.91 Å². The van der Waals surface area contributed by atoms with Crippen molar-refractivity contribution in [2.24, 2.45) is 5.10 Å². The molecule has 0 atom stereocenters. The van der Waals surface area contributed by atoms with Crippen LogP contribution in [0.15, 0.2) is 65.8 Å². The lowest BCUT2D eigenvalue weighted by Crippen LogP contribution is -2.17. The molecule has 0 spiro atoms. The molecule has 0 heterocycles. The zero-order valence-electron chi connectivity index (χ0n) is 12.1. The second-order valence-electron chi connectivity index (χ2n) is 5.01. The minimum atomic E-state index is -0.497. The number of amides is 1. The highest BCUT2D eigenvalue weighted by Gasteiger charge is 2.11. The molecule has 23 heavy (non-hydrogen) atoms. The highest BCUT2D eigenvalue weighted by Crippen LogP contribution is 2.24. The molecular weight excluding hydrogens is 292 g/mol. The second kappa shape index (κ2) is 6.19. The van der Waals surface area contributed by atoms with Crippen molar-refractivity contribution in [3.63, 3.8) is 0 Å². The number of carbonyl (C=O) groups excluding carboxylic acids is 1. The minimum absolute atomic E-state index is 0.0963. The first-order valence-electron chi connectivity index (χ1n) is 6.98. The summed E-state index contributed by atoms with van der Waals surface area (Å²) >= 11 is 0. The van der Waals surface area contributed by atoms with E-state index in [4.69, 9.17) is 0 Å². The van der Waals surface area contributed by atoms with Gasteiger partial charge in [0.1, 0.15) is 11.5 Å². The van der Waals surface area contributed by atoms with E-state index < -0.39 is 5.91 Å². The van der Waals surface area contributed by atoms with E-state index in [1.165, 1.54) is 18.3 Å². The van der Waals surface area contributed by atoms with Gasteiger partial charge in [0.05, 0.1) is 11.8 Å². The van der Waals surface area contributed by atoms with Gasteiger partial charge in [-0.25, -0.2) is 5.43 Å². The topological polar surface area (TPSA) is 81.9 Å². The van der Waals surface area contributed by atoms with E-state index in [1.54, 1.807) is 24.3 Å². The molecule has 5 nitrogen and oxygen atoms in total. The van der Waals surface area contributed by atoms with Gasteiger partial charge in [-0.05, 0) is 52.7 Å². The quantitative estimate of drug-likeness (QED) is 0.514. The van der Waals surface area contributed by atoms with E-state index in [1.807, 2.05) is 24.3 Å². The number of rotatable bonds is 3. The molecule has 0 radical (unpaired) electrons. The largest absolute Gasteiger partial charge is 0.508 e. The van der Waals surface area contributed by atoms with Gasteiger partial charge < -0.3 is 10.2 Å². The third-order valence-electron chi connectivity index (χ3n) is 3.38. The Morgan fingerprint density at radius 3 is 2.30 bits per heavy atom. The van der Waals surface area contributed by atoms with Gasteiger partial charge in [0.2, 0.25) is 0 Å². The maximum atomic E-state index is 12.1. The minimum Gasteiger partial charge on any atom is -0.508 e. The molecule has 0 bridgehead atoms. The molecule has 3 N–H and O–H groups in total. The van der Waals surface area contributed by atoms with Crippen molar-refractivity contribution < 1.29 is 15.0 Å². The van der Waals surface area contributed by atoms with Crippen LogP contribution in [0.2, 0.25) is 0 Å². The number of nitrogens with one attached hydrogen (secondary N) is 1. The molecule has 0 unspecified atom stereocenters. The molecule has 3 rings (SSSR count). The summed E-state index contributed by atoms with van der Waals surface area (Å²) in [7, 11) is 0. The predicted octanol–water partition coefficient (Wildman–Crippen LogP) is 3.01. The van der Waals surface area contributed by atoms with Crippen LogP contribution in [-0.2, 0) is 0 Å². The monoisotopic (exact) mass is 306 g/mol. The Morgan fingerprint density at radius 2 is 1.61 bits per heavy atom. The summed E-state index contributed by atoms with van der Waals surface area (Å²) < 4.78 is 0. The number of hydrazone groups is 1. The van der Waals surface area contributed by atoms with Crippen LogP contribution in [0.5, 0.6) is 11.5 Å². The first-order valence-corrected chi connectivity index (χ1v) is 6.98. The summed E-state index contributed by atoms with van der Waals surface area (Å²) in [6.07, 6.45) is 1.45. The van der Waals surface area contributed by atoms with Crippen LogP contribution in [-0.4, -0.2) is 22.3 Å². The summed E-state index contributed by atoms with van der Waals surface area (Å²) in [5, 5.41) is 24.7. The van der Waals surface area contributed by atoms with Gasteiger partial charge in [-0.2, -0.15) is 5.10 Å². The fourth-order valence-electron chi connectivity index (χ4n) is 2.20. The first kappa shape index (κ1) is 14.6. The van der Waals surface area contributed by atoms with Gasteiger partial charge in [-0.15, -0.1) is 0 Å². The summed E-state index contributed by atoms with van der Waals surface area (Å²) in [4.78, 5) is 12.1. The van der Waals surface area contributed by atoms with Gasteiger partial charge in [0.15, 0.2) is 0 Å². The van der Waals surface area contributed by atoms with Crippen molar-refractivity contribution >= 4 is 22.9 Å². The van der Waals surface area contributed by atoms with E-state index in [0.29, 0.717) is 0 Å². The number of hydrogen-bond donors (Lipinski definition) is 3. The molecule has 0 aliphatic heterocycles. The number of carbonyl (C=O) groups is 1. The lowest BCUT2D eigenvalue weighted by molar-refractivity contribution is 0.0952. The van der Waals surface area contributed by atoms with Gasteiger partial charge >= 0.3 is 0 Å². The normalized spacial score (nSPS) is 11.0. The van der Waals surface area contributed by atoms with Gasteiger partial charge in [0, 0.05) is 0 Å². The number of aromatic hydroxyl groups is 2. The van der Waals surface area contributed by atoms with Crippen LogP contribution in [0.25, 0.3) is 10.8 Å². The third-order valence-corrected chi connectivity index (χ3v) is 3.38. The van der Waals surface area contributed by atoms with E-state index in [0.717, 1.165) is 16.3 Å². The average Bonchev–Trinajstić information content (AvgIpc) is 2.56. The average molecular weight is 306 g/mol. The molecule has 1 amide bonds. The van der Waals surface area contributed by atoms with Crippen molar-refractivity contribution in [2.75, 3.05) is 0 Å². The number of nitrogens with zero attached hydrogens (tertiary/aromatic N) is 1. The molecule has 5 heteroatoms. The van der Waals surface area contributed by atoms with Gasteiger partial charge in [-0.1, -0.05) is 24.3 Å². The van der Waals surface area contributed by atoms with Crippen molar-refractivity contribution in [3.8, 4) is 11.5 Å². The predicted molar refractivity (Wildman–Crippen MR) is 88.8 cm³/mol. The second-order valence-corrected chi connectivity index (χ2v) is 5.01. The first-order chi connectivity index (χ1) is 11.1. The number of phenolic OH excluding ortho intramolecular Hbond substituents is 2. The number of hydrogen-bond acceptors (Lipinski definition) is 4. The Labute approximate surface area is 132 Å². The Bertz CT molecular complexity index is 886. The van der Waals surface area contributed by atoms with E-state index in [2.05, 4.69) is 10.5 Å². The fourth-order valence-corrected chi connectivity index (χ4v) is 2.20. The Balaban J connectivity index is 1.78. The lowest BCUT2D eigenvalue weighted by atomic mass is 10.1. The zero-order chi connectivity index (χ0) is 16.2. The summed E-state index contributed by atoms with van der Waals surface area (Å²) in [6.45, 7) is 0. The molecular formula is C18H14N2O3. The molecule has 0 aliphatic carbocycles. The van der Waals surface area contributed by atoms with Crippen LogP contribution < -0.4 is 5.43 Å². The Kier molecular flexibility index (Phi) is 3.93. The number of fused-ring (bicyclic) bond motifs is 1. The fraction of sp³-hybridized carbons (Fsp3) is 0.